The lowest BCUT2D eigenvalue weighted by molar-refractivity contribution is 0.460. The summed E-state index contributed by atoms with van der Waals surface area (Å²) in [5.74, 6) is 1.25. The number of benzene rings is 1. The fraction of sp³-hybridized carbons (Fsp3) is 0.312. The Morgan fingerprint density at radius 1 is 1.05 bits per heavy atom. The number of aromatic nitrogens is 1. The molecule has 3 nitrogen and oxygen atoms in total. The van der Waals surface area contributed by atoms with Gasteiger partial charge in [0.25, 0.3) is 0 Å². The molecule has 1 saturated heterocycles. The Morgan fingerprint density at radius 2 is 1.89 bits per heavy atom. The van der Waals surface area contributed by atoms with Crippen LogP contribution in [0, 0.1) is 0 Å². The smallest absolute Gasteiger partial charge is 0.123 e. The lowest BCUT2D eigenvalue weighted by atomic mass is 9.88. The van der Waals surface area contributed by atoms with Crippen molar-refractivity contribution in [3.63, 3.8) is 0 Å². The fourth-order valence-electron chi connectivity index (χ4n) is 2.70. The summed E-state index contributed by atoms with van der Waals surface area (Å²) in [5, 5.41) is 3.41. The fourth-order valence-corrected chi connectivity index (χ4v) is 2.70. The molecule has 3 rings (SSSR count). The minimum atomic E-state index is 0.568. The molecule has 1 aromatic heterocycles. The maximum absolute atomic E-state index is 5.63. The van der Waals surface area contributed by atoms with Crippen molar-refractivity contribution in [1.29, 1.82) is 0 Å². The van der Waals surface area contributed by atoms with Crippen LogP contribution in [0.1, 0.15) is 24.3 Å². The molecular weight excluding hydrogens is 234 g/mol. The van der Waals surface area contributed by atoms with Gasteiger partial charge in [0.05, 0.1) is 0 Å². The number of nitrogens with one attached hydrogen (secondary N) is 1. The molecule has 1 fully saturated rings. The third-order valence-electron chi connectivity index (χ3n) is 3.82. The number of hydrogen-bond acceptors (Lipinski definition) is 3. The Hall–Kier alpha value is -1.87. The van der Waals surface area contributed by atoms with Gasteiger partial charge in [0.1, 0.15) is 5.82 Å². The third kappa shape index (κ3) is 2.76. The third-order valence-corrected chi connectivity index (χ3v) is 3.82. The van der Waals surface area contributed by atoms with Crippen molar-refractivity contribution >= 4 is 5.82 Å². The molecule has 1 aromatic carbocycles. The Balaban J connectivity index is 1.88. The van der Waals surface area contributed by atoms with Gasteiger partial charge in [-0.1, -0.05) is 24.3 Å². The average molecular weight is 253 g/mol. The first-order valence-electron chi connectivity index (χ1n) is 6.85. The van der Waals surface area contributed by atoms with Crippen LogP contribution in [0.2, 0.25) is 0 Å². The number of hydrogen-bond donors (Lipinski definition) is 2. The number of pyridine rings is 1. The molecular formula is C16H19N3. The predicted molar refractivity (Wildman–Crippen MR) is 78.9 cm³/mol. The molecule has 2 heterocycles. The second-order valence-electron chi connectivity index (χ2n) is 5.12. The summed E-state index contributed by atoms with van der Waals surface area (Å²) in [6, 6.07) is 12.7. The highest BCUT2D eigenvalue weighted by atomic mass is 14.9. The van der Waals surface area contributed by atoms with Gasteiger partial charge in [0, 0.05) is 11.8 Å². The van der Waals surface area contributed by atoms with Gasteiger partial charge in [-0.25, -0.2) is 4.98 Å². The maximum Gasteiger partial charge on any atom is 0.123 e. The van der Waals surface area contributed by atoms with Gasteiger partial charge >= 0.3 is 0 Å². The van der Waals surface area contributed by atoms with Gasteiger partial charge in [0.15, 0.2) is 0 Å². The zero-order valence-electron chi connectivity index (χ0n) is 11.0. The molecule has 0 saturated carbocycles. The Labute approximate surface area is 113 Å². The van der Waals surface area contributed by atoms with E-state index in [1.807, 2.05) is 18.3 Å². The molecule has 2 aromatic rings. The molecule has 0 bridgehead atoms. The SMILES string of the molecule is Nc1ccc(-c2cccc(C3CCNCC3)c2)cn1. The monoisotopic (exact) mass is 253 g/mol. The molecule has 1 aliphatic rings. The van der Waals surface area contributed by atoms with E-state index in [9.17, 15) is 0 Å². The van der Waals surface area contributed by atoms with Gasteiger partial charge in [-0.05, 0) is 55.1 Å². The van der Waals surface area contributed by atoms with Crippen LogP contribution in [0.5, 0.6) is 0 Å². The highest BCUT2D eigenvalue weighted by molar-refractivity contribution is 5.64. The first kappa shape index (κ1) is 12.2. The number of rotatable bonds is 2. The summed E-state index contributed by atoms with van der Waals surface area (Å²) >= 11 is 0. The maximum atomic E-state index is 5.63. The van der Waals surface area contributed by atoms with E-state index in [4.69, 9.17) is 5.73 Å². The summed E-state index contributed by atoms with van der Waals surface area (Å²) in [5.41, 5.74) is 9.43. The van der Waals surface area contributed by atoms with E-state index < -0.39 is 0 Å². The van der Waals surface area contributed by atoms with E-state index in [-0.39, 0.29) is 0 Å². The molecule has 0 unspecified atom stereocenters. The van der Waals surface area contributed by atoms with Crippen molar-refractivity contribution in [2.24, 2.45) is 0 Å². The summed E-state index contributed by atoms with van der Waals surface area (Å²) < 4.78 is 0. The minimum Gasteiger partial charge on any atom is -0.384 e. The molecule has 19 heavy (non-hydrogen) atoms. The van der Waals surface area contributed by atoms with E-state index in [0.717, 1.165) is 18.7 Å². The number of anilines is 1. The van der Waals surface area contributed by atoms with Crippen molar-refractivity contribution in [3.8, 4) is 11.1 Å². The summed E-state index contributed by atoms with van der Waals surface area (Å²) in [6.07, 6.45) is 4.30. The topological polar surface area (TPSA) is 50.9 Å². The van der Waals surface area contributed by atoms with E-state index >= 15 is 0 Å². The molecule has 0 aliphatic carbocycles. The van der Waals surface area contributed by atoms with Crippen LogP contribution in [0.3, 0.4) is 0 Å². The minimum absolute atomic E-state index is 0.568. The molecule has 0 spiro atoms. The van der Waals surface area contributed by atoms with Crippen molar-refractivity contribution in [2.75, 3.05) is 18.8 Å². The Kier molecular flexibility index (Phi) is 3.47. The molecule has 0 radical (unpaired) electrons. The van der Waals surface area contributed by atoms with Crippen LogP contribution in [0.25, 0.3) is 11.1 Å². The van der Waals surface area contributed by atoms with Crippen LogP contribution < -0.4 is 11.1 Å². The lowest BCUT2D eigenvalue weighted by Gasteiger charge is -2.23. The standard InChI is InChI=1S/C16H19N3/c17-16-5-4-15(11-19-16)14-3-1-2-13(10-14)12-6-8-18-9-7-12/h1-5,10-12,18H,6-9H2,(H2,17,19). The zero-order chi connectivity index (χ0) is 13.1. The Bertz CT molecular complexity index is 542. The average Bonchev–Trinajstić information content (AvgIpc) is 2.49. The van der Waals surface area contributed by atoms with Crippen LogP contribution >= 0.6 is 0 Å². The molecule has 0 atom stereocenters. The van der Waals surface area contributed by atoms with Crippen LogP contribution in [-0.4, -0.2) is 18.1 Å². The van der Waals surface area contributed by atoms with Crippen molar-refractivity contribution in [1.82, 2.24) is 10.3 Å². The Morgan fingerprint density at radius 3 is 2.63 bits per heavy atom. The second-order valence-corrected chi connectivity index (χ2v) is 5.12. The molecule has 3 N–H and O–H groups in total. The number of nitrogens with zero attached hydrogens (tertiary/aromatic N) is 1. The van der Waals surface area contributed by atoms with Gasteiger partial charge in [-0.3, -0.25) is 0 Å². The number of nitrogen functional groups attached to an aromatic ring is 1. The zero-order valence-corrected chi connectivity index (χ0v) is 11.0. The van der Waals surface area contributed by atoms with Gasteiger partial charge in [-0.15, -0.1) is 0 Å². The van der Waals surface area contributed by atoms with E-state index in [0.29, 0.717) is 11.7 Å². The van der Waals surface area contributed by atoms with Crippen molar-refractivity contribution in [3.05, 3.63) is 48.2 Å². The van der Waals surface area contributed by atoms with Gasteiger partial charge in [0.2, 0.25) is 0 Å². The molecule has 98 valence electrons. The van der Waals surface area contributed by atoms with Crippen LogP contribution in [0.15, 0.2) is 42.6 Å². The normalized spacial score (nSPS) is 16.4. The molecule has 1 aliphatic heterocycles. The van der Waals surface area contributed by atoms with E-state index in [2.05, 4.69) is 34.6 Å². The second kappa shape index (κ2) is 5.41. The van der Waals surface area contributed by atoms with E-state index in [1.54, 1.807) is 0 Å². The summed E-state index contributed by atoms with van der Waals surface area (Å²) in [4.78, 5) is 4.17. The van der Waals surface area contributed by atoms with E-state index in [1.165, 1.54) is 24.0 Å². The number of piperidine rings is 1. The largest absolute Gasteiger partial charge is 0.384 e. The highest BCUT2D eigenvalue weighted by Crippen LogP contribution is 2.28. The summed E-state index contributed by atoms with van der Waals surface area (Å²) in [7, 11) is 0. The van der Waals surface area contributed by atoms with Crippen molar-refractivity contribution < 1.29 is 0 Å². The first-order valence-corrected chi connectivity index (χ1v) is 6.85. The highest BCUT2D eigenvalue weighted by Gasteiger charge is 2.15. The molecule has 0 amide bonds. The van der Waals surface area contributed by atoms with Gasteiger partial charge < -0.3 is 11.1 Å². The first-order chi connectivity index (χ1) is 9.33. The quantitative estimate of drug-likeness (QED) is 0.865. The lowest BCUT2D eigenvalue weighted by Crippen LogP contribution is -2.26. The van der Waals surface area contributed by atoms with Crippen LogP contribution in [-0.2, 0) is 0 Å². The number of nitrogens with two attached hydrogens (primary N) is 1. The van der Waals surface area contributed by atoms with Crippen LogP contribution in [0.4, 0.5) is 5.82 Å². The molecule has 3 heteroatoms. The predicted octanol–water partition coefficient (Wildman–Crippen LogP) is 2.80. The summed E-state index contributed by atoms with van der Waals surface area (Å²) in [6.45, 7) is 2.25. The van der Waals surface area contributed by atoms with Gasteiger partial charge in [-0.2, -0.15) is 0 Å². The van der Waals surface area contributed by atoms with Crippen molar-refractivity contribution in [2.45, 2.75) is 18.8 Å².